The Bertz CT molecular complexity index is 1750. The number of nitrogens with one attached hydrogen (secondary N) is 1. The van der Waals surface area contributed by atoms with Crippen molar-refractivity contribution in [3.05, 3.63) is 39.7 Å². The van der Waals surface area contributed by atoms with Gasteiger partial charge in [0.05, 0.1) is 36.0 Å². The molecular formula is C37H54Cl2N6O7Si. The van der Waals surface area contributed by atoms with Gasteiger partial charge in [-0.25, -0.2) is 19.6 Å². The Balaban J connectivity index is 1.66. The minimum Gasteiger partial charge on any atom is -0.491 e. The molecule has 0 unspecified atom stereocenters. The number of piperidine rings is 1. The minimum absolute atomic E-state index is 0.0181. The predicted octanol–water partition coefficient (Wildman–Crippen LogP) is 9.00. The maximum Gasteiger partial charge on any atom is 0.410 e. The molecule has 0 aliphatic carbocycles. The van der Waals surface area contributed by atoms with Gasteiger partial charge in [0, 0.05) is 31.7 Å². The van der Waals surface area contributed by atoms with Crippen molar-refractivity contribution in [2.45, 2.75) is 104 Å². The highest BCUT2D eigenvalue weighted by Crippen LogP contribution is 2.40. The summed E-state index contributed by atoms with van der Waals surface area (Å²) in [4.78, 5) is 37.9. The number of ether oxygens (including phenoxy) is 3. The topological polar surface area (TPSA) is 141 Å². The molecule has 3 aromatic rings. The number of halogens is 2. The summed E-state index contributed by atoms with van der Waals surface area (Å²) in [6.07, 6.45) is 0.0820. The Morgan fingerprint density at radius 3 is 2.32 bits per heavy atom. The number of hydrogen-bond donors (Lipinski definition) is 1. The van der Waals surface area contributed by atoms with Crippen LogP contribution in [0.15, 0.2) is 22.7 Å². The highest BCUT2D eigenvalue weighted by molar-refractivity contribution is 6.74. The van der Waals surface area contributed by atoms with Crippen LogP contribution in [0, 0.1) is 13.8 Å². The van der Waals surface area contributed by atoms with Crippen LogP contribution < -0.4 is 10.1 Å². The number of aryl methyl sites for hydroxylation is 2. The maximum absolute atomic E-state index is 12.9. The fourth-order valence-electron chi connectivity index (χ4n) is 5.57. The molecule has 1 atom stereocenters. The number of anilines is 1. The molecule has 0 radical (unpaired) electrons. The van der Waals surface area contributed by atoms with E-state index < -0.39 is 26.1 Å². The molecule has 16 heteroatoms. The summed E-state index contributed by atoms with van der Waals surface area (Å²) >= 11 is 13.8. The summed E-state index contributed by atoms with van der Waals surface area (Å²) < 4.78 is 29.1. The number of amides is 2. The molecule has 0 bridgehead atoms. The van der Waals surface area contributed by atoms with E-state index >= 15 is 0 Å². The van der Waals surface area contributed by atoms with Gasteiger partial charge in [0.25, 0.3) is 0 Å². The quantitative estimate of drug-likeness (QED) is 0.186. The lowest BCUT2D eigenvalue weighted by molar-refractivity contribution is 0.0172. The molecule has 292 valence electrons. The van der Waals surface area contributed by atoms with Gasteiger partial charge in [0.2, 0.25) is 0 Å². The number of likely N-dealkylation sites (tertiary alicyclic amines) is 1. The van der Waals surface area contributed by atoms with Gasteiger partial charge in [-0.1, -0.05) is 49.1 Å². The molecule has 1 aromatic carbocycles. The minimum atomic E-state index is -2.27. The fourth-order valence-corrected chi connectivity index (χ4v) is 7.34. The van der Waals surface area contributed by atoms with E-state index in [4.69, 9.17) is 56.3 Å². The lowest BCUT2D eigenvalue weighted by Gasteiger charge is -2.40. The van der Waals surface area contributed by atoms with Crippen molar-refractivity contribution in [3.8, 4) is 28.4 Å². The fraction of sp³-hybridized carbons (Fsp3) is 0.595. The SMILES string of the molecule is COC(=O)N1CCC(Nc2nc(-c3cc(OC[C@H](CN(C)C(=O)OC(C)(C)C)O[Si](C)(C)C(C)(C)C)ccc3Cl)nc(-c3c(C)noc3C)c2Cl)CC1. The zero-order valence-corrected chi connectivity index (χ0v) is 35.5. The maximum atomic E-state index is 12.9. The van der Waals surface area contributed by atoms with Crippen LogP contribution in [0.4, 0.5) is 15.4 Å². The first-order valence-electron chi connectivity index (χ1n) is 17.7. The second-order valence-corrected chi connectivity index (χ2v) is 21.5. The Morgan fingerprint density at radius 2 is 1.75 bits per heavy atom. The first kappa shape index (κ1) is 42.2. The molecule has 53 heavy (non-hydrogen) atoms. The average molecular weight is 794 g/mol. The number of benzene rings is 1. The number of methoxy groups -OCH3 is 1. The molecule has 1 aliphatic rings. The summed E-state index contributed by atoms with van der Waals surface area (Å²) in [5.74, 6) is 1.79. The summed E-state index contributed by atoms with van der Waals surface area (Å²) in [6, 6.07) is 5.26. The van der Waals surface area contributed by atoms with Gasteiger partial charge in [0.1, 0.15) is 40.3 Å². The van der Waals surface area contributed by atoms with E-state index in [9.17, 15) is 9.59 Å². The third-order valence-electron chi connectivity index (χ3n) is 9.45. The highest BCUT2D eigenvalue weighted by Gasteiger charge is 2.40. The highest BCUT2D eigenvalue weighted by atomic mass is 35.5. The molecule has 2 amide bonds. The number of nitrogens with zero attached hydrogens (tertiary/aromatic N) is 5. The van der Waals surface area contributed by atoms with E-state index in [1.807, 2.05) is 27.7 Å². The third-order valence-corrected chi connectivity index (χ3v) is 14.7. The molecule has 4 rings (SSSR count). The van der Waals surface area contributed by atoms with E-state index in [0.717, 1.165) is 0 Å². The normalized spacial score (nSPS) is 14.9. The van der Waals surface area contributed by atoms with Gasteiger partial charge >= 0.3 is 12.2 Å². The van der Waals surface area contributed by atoms with Crippen LogP contribution in [0.2, 0.25) is 28.2 Å². The molecule has 2 aromatic heterocycles. The van der Waals surface area contributed by atoms with Crippen LogP contribution in [-0.4, -0.2) is 104 Å². The van der Waals surface area contributed by atoms with E-state index in [1.54, 1.807) is 37.1 Å². The van der Waals surface area contributed by atoms with Crippen LogP contribution in [0.3, 0.4) is 0 Å². The zero-order chi connectivity index (χ0) is 39.5. The van der Waals surface area contributed by atoms with Crippen molar-refractivity contribution in [1.29, 1.82) is 0 Å². The monoisotopic (exact) mass is 792 g/mol. The Kier molecular flexibility index (Phi) is 13.4. The summed E-state index contributed by atoms with van der Waals surface area (Å²) in [5.41, 5.74) is 1.61. The first-order valence-corrected chi connectivity index (χ1v) is 21.4. The number of likely N-dealkylation sites (N-methyl/N-ethyl adjacent to an activating group) is 1. The van der Waals surface area contributed by atoms with Crippen LogP contribution in [0.1, 0.15) is 65.8 Å². The molecule has 1 aliphatic heterocycles. The zero-order valence-electron chi connectivity index (χ0n) is 33.0. The lowest BCUT2D eigenvalue weighted by Crippen LogP contribution is -2.49. The van der Waals surface area contributed by atoms with Crippen molar-refractivity contribution in [1.82, 2.24) is 24.9 Å². The van der Waals surface area contributed by atoms with E-state index in [1.165, 1.54) is 12.0 Å². The molecule has 0 saturated carbocycles. The molecule has 0 spiro atoms. The molecule has 1 fully saturated rings. The summed E-state index contributed by atoms with van der Waals surface area (Å²) in [7, 11) is 0.803. The van der Waals surface area contributed by atoms with Gasteiger partial charge in [-0.3, -0.25) is 0 Å². The Morgan fingerprint density at radius 1 is 1.09 bits per heavy atom. The van der Waals surface area contributed by atoms with Crippen molar-refractivity contribution >= 4 is 49.5 Å². The van der Waals surface area contributed by atoms with Crippen LogP contribution in [0.25, 0.3) is 22.6 Å². The largest absolute Gasteiger partial charge is 0.491 e. The molecular weight excluding hydrogens is 739 g/mol. The van der Waals surface area contributed by atoms with Crippen LogP contribution >= 0.6 is 23.2 Å². The Hall–Kier alpha value is -3.59. The van der Waals surface area contributed by atoms with Gasteiger partial charge in [-0.15, -0.1) is 0 Å². The number of aromatic nitrogens is 3. The lowest BCUT2D eigenvalue weighted by atomic mass is 10.0. The number of carbonyl (C=O) groups is 2. The van der Waals surface area contributed by atoms with E-state index in [-0.39, 0.29) is 30.3 Å². The van der Waals surface area contributed by atoms with Crippen LogP contribution in [0.5, 0.6) is 5.75 Å². The number of hydrogen-bond acceptors (Lipinski definition) is 11. The third kappa shape index (κ3) is 10.8. The van der Waals surface area contributed by atoms with Crippen molar-refractivity contribution < 1.29 is 32.7 Å². The second-order valence-electron chi connectivity index (χ2n) is 15.9. The van der Waals surface area contributed by atoms with E-state index in [2.05, 4.69) is 44.3 Å². The first-order chi connectivity index (χ1) is 24.6. The van der Waals surface area contributed by atoms with Crippen LogP contribution in [-0.2, 0) is 13.9 Å². The van der Waals surface area contributed by atoms with Gasteiger partial charge in [0.15, 0.2) is 14.1 Å². The average Bonchev–Trinajstić information content (AvgIpc) is 3.40. The van der Waals surface area contributed by atoms with Crippen molar-refractivity contribution in [2.24, 2.45) is 0 Å². The molecule has 1 saturated heterocycles. The number of carbonyl (C=O) groups excluding carboxylic acids is 2. The molecule has 1 N–H and O–H groups in total. The van der Waals surface area contributed by atoms with Crippen molar-refractivity contribution in [3.63, 3.8) is 0 Å². The Labute approximate surface area is 324 Å². The van der Waals surface area contributed by atoms with Gasteiger partial charge in [-0.05, 0) is 83.8 Å². The standard InChI is InChI=1S/C37H54Cl2N6O7Si/c1-22-29(23(2)51-43-22)31-30(39)33(40-24-15-17-45(18-16-24)35(47)48-10)42-32(41-31)27-19-25(13-14-28(27)38)49-21-26(52-53(11,12)37(6,7)8)20-44(9)34(46)50-36(3,4)5/h13-14,19,24,26H,15-18,20-21H2,1-12H3,(H,40,41,42)/t26-/m0/s1. The second kappa shape index (κ2) is 16.8. The van der Waals surface area contributed by atoms with Gasteiger partial charge < -0.3 is 38.3 Å². The summed E-state index contributed by atoms with van der Waals surface area (Å²) in [5, 5.41) is 8.25. The van der Waals surface area contributed by atoms with Crippen molar-refractivity contribution in [2.75, 3.05) is 45.7 Å². The van der Waals surface area contributed by atoms with E-state index in [0.29, 0.717) is 81.6 Å². The molecule has 3 heterocycles. The predicted molar refractivity (Wildman–Crippen MR) is 210 cm³/mol. The smallest absolute Gasteiger partial charge is 0.410 e. The van der Waals surface area contributed by atoms with Gasteiger partial charge in [-0.2, -0.15) is 0 Å². The summed E-state index contributed by atoms with van der Waals surface area (Å²) in [6.45, 7) is 21.4. The number of rotatable bonds is 11. The molecule has 13 nitrogen and oxygen atoms in total.